The third-order valence-electron chi connectivity index (χ3n) is 2.67. The van der Waals surface area contributed by atoms with Crippen molar-refractivity contribution >= 4 is 21.6 Å². The van der Waals surface area contributed by atoms with Crippen molar-refractivity contribution in [3.63, 3.8) is 0 Å². The summed E-state index contributed by atoms with van der Waals surface area (Å²) in [4.78, 5) is 0. The molecule has 1 unspecified atom stereocenters. The van der Waals surface area contributed by atoms with E-state index < -0.39 is 10.0 Å². The summed E-state index contributed by atoms with van der Waals surface area (Å²) < 4.78 is 31.3. The number of aromatic nitrogens is 1. The Morgan fingerprint density at radius 2 is 2.06 bits per heavy atom. The number of halogens is 1. The molecule has 7 heteroatoms. The molecule has 0 aliphatic heterocycles. The Kier molecular flexibility index (Phi) is 5.62. The highest BCUT2D eigenvalue weighted by Gasteiger charge is 2.21. The topological polar surface area (TPSA) is 72.2 Å². The van der Waals surface area contributed by atoms with E-state index in [-0.39, 0.29) is 11.8 Å². The zero-order valence-electron chi connectivity index (χ0n) is 10.9. The van der Waals surface area contributed by atoms with Gasteiger partial charge in [-0.15, -0.1) is 11.6 Å². The minimum atomic E-state index is -3.29. The lowest BCUT2D eigenvalue weighted by Gasteiger charge is -2.13. The highest BCUT2D eigenvalue weighted by molar-refractivity contribution is 7.89. The molecule has 0 aliphatic rings. The summed E-state index contributed by atoms with van der Waals surface area (Å²) in [6, 6.07) is -0.336. The molecular formula is C11H19ClN2O3S. The van der Waals surface area contributed by atoms with Gasteiger partial charge in [-0.3, -0.25) is 0 Å². The van der Waals surface area contributed by atoms with E-state index in [1.54, 1.807) is 20.8 Å². The summed E-state index contributed by atoms with van der Waals surface area (Å²) in [6.07, 6.45) is 1.26. The van der Waals surface area contributed by atoms with Crippen LogP contribution in [-0.2, 0) is 10.0 Å². The fourth-order valence-electron chi connectivity index (χ4n) is 1.88. The molecule has 0 radical (unpaired) electrons. The molecule has 18 heavy (non-hydrogen) atoms. The van der Waals surface area contributed by atoms with Crippen LogP contribution in [-0.4, -0.2) is 25.2 Å². The van der Waals surface area contributed by atoms with E-state index in [1.165, 1.54) is 0 Å². The number of hydrogen-bond acceptors (Lipinski definition) is 4. The number of rotatable bonds is 7. The van der Waals surface area contributed by atoms with Crippen LogP contribution in [0.4, 0.5) is 0 Å². The molecule has 1 aromatic heterocycles. The molecule has 0 saturated carbocycles. The maximum Gasteiger partial charge on any atom is 0.212 e. The fraction of sp³-hybridized carbons (Fsp3) is 0.727. The highest BCUT2D eigenvalue weighted by Crippen LogP contribution is 2.21. The van der Waals surface area contributed by atoms with Gasteiger partial charge in [-0.1, -0.05) is 5.16 Å². The zero-order chi connectivity index (χ0) is 13.8. The molecule has 1 rings (SSSR count). The van der Waals surface area contributed by atoms with Gasteiger partial charge in [-0.25, -0.2) is 13.1 Å². The second-order valence-electron chi connectivity index (χ2n) is 4.29. The van der Waals surface area contributed by atoms with Crippen molar-refractivity contribution in [3.05, 3.63) is 17.0 Å². The Balaban J connectivity index is 2.67. The zero-order valence-corrected chi connectivity index (χ0v) is 12.4. The number of nitrogens with zero attached hydrogens (tertiary/aromatic N) is 1. The number of unbranched alkanes of at least 4 members (excludes halogenated alkanes) is 1. The van der Waals surface area contributed by atoms with Gasteiger partial charge in [0.15, 0.2) is 0 Å². The Hall–Kier alpha value is -0.590. The minimum absolute atomic E-state index is 0.0907. The van der Waals surface area contributed by atoms with Gasteiger partial charge in [-0.2, -0.15) is 0 Å². The summed E-state index contributed by atoms with van der Waals surface area (Å²) in [5, 5.41) is 3.82. The first-order valence-electron chi connectivity index (χ1n) is 5.86. The fourth-order valence-corrected chi connectivity index (χ4v) is 3.43. The number of alkyl halides is 1. The maximum atomic E-state index is 11.8. The predicted molar refractivity (Wildman–Crippen MR) is 71.3 cm³/mol. The van der Waals surface area contributed by atoms with Crippen molar-refractivity contribution < 1.29 is 12.9 Å². The molecule has 0 fully saturated rings. The van der Waals surface area contributed by atoms with E-state index in [1.807, 2.05) is 0 Å². The van der Waals surface area contributed by atoms with Gasteiger partial charge < -0.3 is 4.52 Å². The number of hydrogen-bond donors (Lipinski definition) is 1. The second kappa shape index (κ2) is 6.54. The minimum Gasteiger partial charge on any atom is -0.361 e. The van der Waals surface area contributed by atoms with Crippen molar-refractivity contribution in [2.75, 3.05) is 11.6 Å². The van der Waals surface area contributed by atoms with Crippen molar-refractivity contribution in [2.24, 2.45) is 0 Å². The average molecular weight is 295 g/mol. The van der Waals surface area contributed by atoms with Gasteiger partial charge in [0.2, 0.25) is 10.0 Å². The lowest BCUT2D eigenvalue weighted by molar-refractivity contribution is 0.391. The van der Waals surface area contributed by atoms with Gasteiger partial charge in [0.05, 0.1) is 11.4 Å². The molecule has 1 heterocycles. The third kappa shape index (κ3) is 4.26. The van der Waals surface area contributed by atoms with Crippen molar-refractivity contribution in [2.45, 2.75) is 39.7 Å². The first-order valence-corrected chi connectivity index (χ1v) is 8.05. The number of aryl methyl sites for hydroxylation is 2. The molecule has 104 valence electrons. The monoisotopic (exact) mass is 294 g/mol. The first kappa shape index (κ1) is 15.5. The standard InChI is InChI=1S/C11H19ClN2O3S/c1-8-11(10(3)17-13-8)9(2)14-18(15,16)7-5-4-6-12/h9,14H,4-7H2,1-3H3. The van der Waals surface area contributed by atoms with Crippen molar-refractivity contribution in [1.29, 1.82) is 0 Å². The maximum absolute atomic E-state index is 11.8. The summed E-state index contributed by atoms with van der Waals surface area (Å²) in [6.45, 7) is 5.35. The van der Waals surface area contributed by atoms with Gasteiger partial charge in [0.1, 0.15) is 5.76 Å². The molecule has 0 aliphatic carbocycles. The Morgan fingerprint density at radius 1 is 1.39 bits per heavy atom. The van der Waals surface area contributed by atoms with Crippen molar-refractivity contribution in [1.82, 2.24) is 9.88 Å². The summed E-state index contributed by atoms with van der Waals surface area (Å²) in [5.41, 5.74) is 1.51. The smallest absolute Gasteiger partial charge is 0.212 e. The van der Waals surface area contributed by atoms with Gasteiger partial charge in [0.25, 0.3) is 0 Å². The first-order chi connectivity index (χ1) is 8.37. The Morgan fingerprint density at radius 3 is 2.56 bits per heavy atom. The molecule has 0 bridgehead atoms. The van der Waals surface area contributed by atoms with Crippen LogP contribution in [0.2, 0.25) is 0 Å². The van der Waals surface area contributed by atoms with Crippen LogP contribution in [0.1, 0.15) is 42.8 Å². The van der Waals surface area contributed by atoms with E-state index >= 15 is 0 Å². The quantitative estimate of drug-likeness (QED) is 0.618. The van der Waals surface area contributed by atoms with Crippen LogP contribution < -0.4 is 4.72 Å². The molecule has 0 amide bonds. The number of nitrogens with one attached hydrogen (secondary N) is 1. The summed E-state index contributed by atoms with van der Waals surface area (Å²) in [7, 11) is -3.29. The van der Waals surface area contributed by atoms with Gasteiger partial charge >= 0.3 is 0 Å². The lowest BCUT2D eigenvalue weighted by atomic mass is 10.1. The SMILES string of the molecule is Cc1noc(C)c1C(C)NS(=O)(=O)CCCCCl. The van der Waals surface area contributed by atoms with Crippen LogP contribution in [0.15, 0.2) is 4.52 Å². The van der Waals surface area contributed by atoms with E-state index in [9.17, 15) is 8.42 Å². The molecule has 1 aromatic rings. The van der Waals surface area contributed by atoms with E-state index in [2.05, 4.69) is 9.88 Å². The van der Waals surface area contributed by atoms with Crippen LogP contribution in [0.3, 0.4) is 0 Å². The second-order valence-corrected chi connectivity index (χ2v) is 6.54. The lowest BCUT2D eigenvalue weighted by Crippen LogP contribution is -2.29. The third-order valence-corrected chi connectivity index (χ3v) is 4.48. The van der Waals surface area contributed by atoms with Gasteiger partial charge in [-0.05, 0) is 33.6 Å². The Labute approximate surface area is 113 Å². The summed E-state index contributed by atoms with van der Waals surface area (Å²) >= 11 is 5.52. The number of sulfonamides is 1. The molecule has 0 aromatic carbocycles. The van der Waals surface area contributed by atoms with Crippen LogP contribution >= 0.6 is 11.6 Å². The predicted octanol–water partition coefficient (Wildman–Crippen LogP) is 2.29. The van der Waals surface area contributed by atoms with E-state index in [0.717, 1.165) is 5.56 Å². The van der Waals surface area contributed by atoms with Crippen LogP contribution in [0.5, 0.6) is 0 Å². The van der Waals surface area contributed by atoms with E-state index in [4.69, 9.17) is 16.1 Å². The molecule has 1 atom stereocenters. The average Bonchev–Trinajstić information content (AvgIpc) is 2.58. The van der Waals surface area contributed by atoms with Crippen LogP contribution in [0, 0.1) is 13.8 Å². The Bertz CT molecular complexity index is 465. The van der Waals surface area contributed by atoms with Crippen molar-refractivity contribution in [3.8, 4) is 0 Å². The molecule has 5 nitrogen and oxygen atoms in total. The van der Waals surface area contributed by atoms with Gasteiger partial charge in [0, 0.05) is 17.5 Å². The highest BCUT2D eigenvalue weighted by atomic mass is 35.5. The normalized spacial score (nSPS) is 13.8. The molecule has 1 N–H and O–H groups in total. The molecule has 0 spiro atoms. The molecular weight excluding hydrogens is 276 g/mol. The summed E-state index contributed by atoms with van der Waals surface area (Å²) in [5.74, 6) is 1.21. The largest absolute Gasteiger partial charge is 0.361 e. The molecule has 0 saturated heterocycles. The van der Waals surface area contributed by atoms with E-state index in [0.29, 0.717) is 30.2 Å². The van der Waals surface area contributed by atoms with Crippen LogP contribution in [0.25, 0.3) is 0 Å².